The van der Waals surface area contributed by atoms with Crippen molar-refractivity contribution in [1.29, 1.82) is 0 Å². The van der Waals surface area contributed by atoms with Crippen molar-refractivity contribution in [3.05, 3.63) is 71.8 Å². The van der Waals surface area contributed by atoms with Crippen LogP contribution in [0.15, 0.2) is 60.7 Å². The van der Waals surface area contributed by atoms with Gasteiger partial charge in [-0.05, 0) is 37.1 Å². The van der Waals surface area contributed by atoms with Crippen molar-refractivity contribution < 1.29 is 9.59 Å². The molecule has 2 aromatic carbocycles. The molecule has 0 saturated carbocycles. The summed E-state index contributed by atoms with van der Waals surface area (Å²) in [6.45, 7) is 7.47. The second kappa shape index (κ2) is 8.85. The predicted molar refractivity (Wildman–Crippen MR) is 130 cm³/mol. The van der Waals surface area contributed by atoms with Gasteiger partial charge < -0.3 is 14.7 Å². The molecule has 6 heteroatoms. The molecular formula is C27H30N4O2. The minimum atomic E-state index is -0.253. The minimum Gasteiger partial charge on any atom is -0.353 e. The molecule has 2 unspecified atom stereocenters. The number of benzene rings is 2. The Bertz CT molecular complexity index is 1170. The Morgan fingerprint density at radius 2 is 1.70 bits per heavy atom. The zero-order chi connectivity index (χ0) is 22.9. The van der Waals surface area contributed by atoms with Gasteiger partial charge in [0.2, 0.25) is 11.8 Å². The average molecular weight is 443 g/mol. The van der Waals surface area contributed by atoms with Gasteiger partial charge >= 0.3 is 0 Å². The van der Waals surface area contributed by atoms with E-state index in [4.69, 9.17) is 4.98 Å². The van der Waals surface area contributed by atoms with Crippen molar-refractivity contribution in [3.63, 3.8) is 0 Å². The number of para-hydroxylation sites is 1. The van der Waals surface area contributed by atoms with Gasteiger partial charge in [-0.3, -0.25) is 9.59 Å². The highest BCUT2D eigenvalue weighted by atomic mass is 16.2. The number of aromatic nitrogens is 1. The summed E-state index contributed by atoms with van der Waals surface area (Å²) in [6, 6.07) is 20.3. The van der Waals surface area contributed by atoms with Crippen LogP contribution in [-0.4, -0.2) is 59.3 Å². The maximum Gasteiger partial charge on any atom is 0.228 e. The third-order valence-corrected chi connectivity index (χ3v) is 7.08. The zero-order valence-electron chi connectivity index (χ0n) is 19.3. The lowest BCUT2D eigenvalue weighted by molar-refractivity contribution is -0.136. The van der Waals surface area contributed by atoms with Crippen LogP contribution in [0.5, 0.6) is 0 Å². The molecule has 0 N–H and O–H groups in total. The van der Waals surface area contributed by atoms with E-state index in [0.29, 0.717) is 26.1 Å². The number of hydrogen-bond donors (Lipinski definition) is 0. The molecule has 1 aromatic heterocycles. The van der Waals surface area contributed by atoms with Gasteiger partial charge in [0.05, 0.1) is 17.5 Å². The predicted octanol–water partition coefficient (Wildman–Crippen LogP) is 3.80. The normalized spacial score (nSPS) is 19.9. The standard InChI is InChI=1S/C27H30N4O2/c1-19-16-25(28-24-11-7-6-10-23(19)24)29-12-14-30(15-13-29)27(33)22-17-26(32)31(18-22)20(2)21-8-4-3-5-9-21/h3-11,16,20,22H,12-15,17-18H2,1-2H3. The summed E-state index contributed by atoms with van der Waals surface area (Å²) in [5.74, 6) is 0.890. The molecule has 0 radical (unpaired) electrons. The molecule has 0 bridgehead atoms. The Morgan fingerprint density at radius 3 is 2.45 bits per heavy atom. The topological polar surface area (TPSA) is 56.8 Å². The number of carbonyl (C=O) groups excluding carboxylic acids is 2. The number of amides is 2. The summed E-state index contributed by atoms with van der Waals surface area (Å²) in [7, 11) is 0. The minimum absolute atomic E-state index is 0.0180. The van der Waals surface area contributed by atoms with E-state index in [1.165, 1.54) is 10.9 Å². The lowest BCUT2D eigenvalue weighted by atomic mass is 10.1. The van der Waals surface area contributed by atoms with Crippen molar-refractivity contribution in [2.45, 2.75) is 26.3 Å². The molecule has 5 rings (SSSR count). The summed E-state index contributed by atoms with van der Waals surface area (Å²) in [5, 5.41) is 1.18. The average Bonchev–Trinajstić information content (AvgIpc) is 3.25. The number of aryl methyl sites for hydroxylation is 1. The van der Waals surface area contributed by atoms with Gasteiger partial charge in [0.25, 0.3) is 0 Å². The summed E-state index contributed by atoms with van der Waals surface area (Å²) in [6.07, 6.45) is 0.307. The van der Waals surface area contributed by atoms with Gasteiger partial charge in [-0.25, -0.2) is 4.98 Å². The van der Waals surface area contributed by atoms with Gasteiger partial charge in [0, 0.05) is 44.5 Å². The molecule has 3 heterocycles. The molecule has 33 heavy (non-hydrogen) atoms. The van der Waals surface area contributed by atoms with Gasteiger partial charge in [0.1, 0.15) is 5.82 Å². The summed E-state index contributed by atoms with van der Waals surface area (Å²) in [4.78, 5) is 36.8. The van der Waals surface area contributed by atoms with E-state index >= 15 is 0 Å². The third kappa shape index (κ3) is 4.17. The van der Waals surface area contributed by atoms with Crippen molar-refractivity contribution >= 4 is 28.5 Å². The molecule has 2 saturated heterocycles. The summed E-state index contributed by atoms with van der Waals surface area (Å²) in [5.41, 5.74) is 3.32. The van der Waals surface area contributed by atoms with E-state index in [1.54, 1.807) is 0 Å². The Kier molecular flexibility index (Phi) is 5.75. The van der Waals surface area contributed by atoms with E-state index < -0.39 is 0 Å². The van der Waals surface area contributed by atoms with E-state index in [1.807, 2.05) is 65.3 Å². The first-order valence-electron chi connectivity index (χ1n) is 11.8. The van der Waals surface area contributed by atoms with Crippen LogP contribution in [0.1, 0.15) is 30.5 Å². The largest absolute Gasteiger partial charge is 0.353 e. The fraction of sp³-hybridized carbons (Fsp3) is 0.370. The molecule has 6 nitrogen and oxygen atoms in total. The van der Waals surface area contributed by atoms with Crippen molar-refractivity contribution in [3.8, 4) is 0 Å². The first-order chi connectivity index (χ1) is 16.0. The molecule has 170 valence electrons. The zero-order valence-corrected chi connectivity index (χ0v) is 19.3. The number of pyridine rings is 1. The second-order valence-corrected chi connectivity index (χ2v) is 9.16. The molecular weight excluding hydrogens is 412 g/mol. The summed E-state index contributed by atoms with van der Waals surface area (Å²) < 4.78 is 0. The number of fused-ring (bicyclic) bond motifs is 1. The maximum absolute atomic E-state index is 13.2. The number of nitrogens with zero attached hydrogens (tertiary/aromatic N) is 4. The van der Waals surface area contributed by atoms with Crippen LogP contribution in [-0.2, 0) is 9.59 Å². The fourth-order valence-corrected chi connectivity index (χ4v) is 5.09. The van der Waals surface area contributed by atoms with Gasteiger partial charge in [-0.15, -0.1) is 0 Å². The third-order valence-electron chi connectivity index (χ3n) is 7.08. The first-order valence-corrected chi connectivity index (χ1v) is 11.8. The van der Waals surface area contributed by atoms with Crippen molar-refractivity contribution in [2.24, 2.45) is 5.92 Å². The molecule has 3 aromatic rings. The number of piperazine rings is 1. The smallest absolute Gasteiger partial charge is 0.228 e. The van der Waals surface area contributed by atoms with Gasteiger partial charge in [-0.2, -0.15) is 0 Å². The summed E-state index contributed by atoms with van der Waals surface area (Å²) >= 11 is 0. The number of carbonyl (C=O) groups is 2. The van der Waals surface area contributed by atoms with Gasteiger partial charge in [0.15, 0.2) is 0 Å². The van der Waals surface area contributed by atoms with Crippen LogP contribution in [0.3, 0.4) is 0 Å². The molecule has 0 aliphatic carbocycles. The Labute approximate surface area is 194 Å². The lowest BCUT2D eigenvalue weighted by Gasteiger charge is -2.36. The van der Waals surface area contributed by atoms with Crippen LogP contribution in [0.4, 0.5) is 5.82 Å². The monoisotopic (exact) mass is 442 g/mol. The van der Waals surface area contributed by atoms with E-state index in [-0.39, 0.29) is 23.8 Å². The molecule has 2 aliphatic heterocycles. The highest BCUT2D eigenvalue weighted by Gasteiger charge is 2.39. The number of likely N-dealkylation sites (tertiary alicyclic amines) is 1. The Balaban J connectivity index is 1.22. The molecule has 2 amide bonds. The fourth-order valence-electron chi connectivity index (χ4n) is 5.09. The maximum atomic E-state index is 13.2. The molecule has 0 spiro atoms. The Hall–Kier alpha value is -3.41. The van der Waals surface area contributed by atoms with Crippen LogP contribution in [0, 0.1) is 12.8 Å². The van der Waals surface area contributed by atoms with Crippen LogP contribution in [0.25, 0.3) is 10.9 Å². The number of hydrogen-bond acceptors (Lipinski definition) is 4. The Morgan fingerprint density at radius 1 is 1.00 bits per heavy atom. The quantitative estimate of drug-likeness (QED) is 0.617. The molecule has 2 atom stereocenters. The van der Waals surface area contributed by atoms with Gasteiger partial charge in [-0.1, -0.05) is 48.5 Å². The van der Waals surface area contributed by atoms with E-state index in [9.17, 15) is 9.59 Å². The van der Waals surface area contributed by atoms with Crippen molar-refractivity contribution in [2.75, 3.05) is 37.6 Å². The van der Waals surface area contributed by atoms with Crippen LogP contribution in [0.2, 0.25) is 0 Å². The van der Waals surface area contributed by atoms with Crippen LogP contribution < -0.4 is 4.90 Å². The van der Waals surface area contributed by atoms with E-state index in [0.717, 1.165) is 30.0 Å². The van der Waals surface area contributed by atoms with E-state index in [2.05, 4.69) is 24.0 Å². The number of anilines is 1. The highest BCUT2D eigenvalue weighted by molar-refractivity contribution is 5.89. The van der Waals surface area contributed by atoms with Crippen molar-refractivity contribution in [1.82, 2.24) is 14.8 Å². The van der Waals surface area contributed by atoms with Crippen LogP contribution >= 0.6 is 0 Å². The molecule has 2 aliphatic rings. The first kappa shape index (κ1) is 21.4. The lowest BCUT2D eigenvalue weighted by Crippen LogP contribution is -2.51. The second-order valence-electron chi connectivity index (χ2n) is 9.16. The molecule has 2 fully saturated rings. The number of rotatable bonds is 4. The SMILES string of the molecule is Cc1cc(N2CCN(C(=O)C3CC(=O)N(C(C)c4ccccc4)C3)CC2)nc2ccccc12. The highest BCUT2D eigenvalue weighted by Crippen LogP contribution is 2.30.